The van der Waals surface area contributed by atoms with Gasteiger partial charge in [-0.15, -0.1) is 0 Å². The minimum absolute atomic E-state index is 0.0235. The highest BCUT2D eigenvalue weighted by Gasteiger charge is 2.32. The van der Waals surface area contributed by atoms with Crippen LogP contribution in [-0.4, -0.2) is 36.7 Å². The highest BCUT2D eigenvalue weighted by molar-refractivity contribution is 6.05. The van der Waals surface area contributed by atoms with Gasteiger partial charge in [0.2, 0.25) is 12.7 Å². The maximum atomic E-state index is 12.3. The first kappa shape index (κ1) is 17.5. The summed E-state index contributed by atoms with van der Waals surface area (Å²) in [6.45, 7) is 0.247. The molecule has 2 aromatic rings. The van der Waals surface area contributed by atoms with E-state index in [4.69, 9.17) is 9.47 Å². The van der Waals surface area contributed by atoms with Crippen molar-refractivity contribution in [1.29, 1.82) is 0 Å². The third-order valence-electron chi connectivity index (χ3n) is 5.46. The quantitative estimate of drug-likeness (QED) is 0.679. The molecular formula is C21H19N3O5. The van der Waals surface area contributed by atoms with E-state index in [1.807, 2.05) is 18.2 Å². The van der Waals surface area contributed by atoms with Gasteiger partial charge in [-0.1, -0.05) is 24.3 Å². The molecule has 1 fully saturated rings. The zero-order valence-corrected chi connectivity index (χ0v) is 15.5. The van der Waals surface area contributed by atoms with E-state index in [1.165, 1.54) is 11.1 Å². The average Bonchev–Trinajstić information content (AvgIpc) is 3.38. The maximum absolute atomic E-state index is 12.3. The number of hydrogen-bond donors (Lipinski definition) is 3. The zero-order valence-electron chi connectivity index (χ0n) is 15.5. The smallest absolute Gasteiger partial charge is 0.322 e. The molecule has 29 heavy (non-hydrogen) atoms. The standard InChI is InChI=1S/C21H19N3O5/c25-19(9-16-20(26)24-21(27)23-16)22-15-6-12-2-1-11(5-14(12)7-15)13-3-4-17-18(8-13)29-10-28-17/h1-5,8,15-16H,6-7,9-10H2,(H,22,25)(H2,23,24,26,27). The van der Waals surface area contributed by atoms with Gasteiger partial charge in [-0.3, -0.25) is 14.9 Å². The first-order chi connectivity index (χ1) is 14.0. The topological polar surface area (TPSA) is 106 Å². The predicted molar refractivity (Wildman–Crippen MR) is 102 cm³/mol. The molecule has 5 rings (SSSR count). The highest BCUT2D eigenvalue weighted by Crippen LogP contribution is 2.37. The van der Waals surface area contributed by atoms with Crippen molar-refractivity contribution < 1.29 is 23.9 Å². The van der Waals surface area contributed by atoms with Gasteiger partial charge in [0.15, 0.2) is 11.5 Å². The minimum atomic E-state index is -0.802. The minimum Gasteiger partial charge on any atom is -0.454 e. The van der Waals surface area contributed by atoms with Gasteiger partial charge in [-0.2, -0.15) is 0 Å². The molecule has 2 aliphatic heterocycles. The number of fused-ring (bicyclic) bond motifs is 2. The van der Waals surface area contributed by atoms with E-state index in [-0.39, 0.29) is 25.2 Å². The molecule has 3 N–H and O–H groups in total. The first-order valence-corrected chi connectivity index (χ1v) is 9.48. The third kappa shape index (κ3) is 3.37. The molecule has 2 aromatic carbocycles. The molecule has 2 unspecified atom stereocenters. The van der Waals surface area contributed by atoms with E-state index in [0.29, 0.717) is 0 Å². The molecule has 8 nitrogen and oxygen atoms in total. The Balaban J connectivity index is 1.24. The van der Waals surface area contributed by atoms with Gasteiger partial charge in [0, 0.05) is 6.04 Å². The Morgan fingerprint density at radius 2 is 1.76 bits per heavy atom. The van der Waals surface area contributed by atoms with Crippen LogP contribution in [0.4, 0.5) is 4.79 Å². The van der Waals surface area contributed by atoms with Gasteiger partial charge >= 0.3 is 6.03 Å². The fraction of sp³-hybridized carbons (Fsp3) is 0.286. The summed E-state index contributed by atoms with van der Waals surface area (Å²) in [4.78, 5) is 35.0. The Morgan fingerprint density at radius 1 is 1.00 bits per heavy atom. The van der Waals surface area contributed by atoms with Crippen LogP contribution in [0.1, 0.15) is 17.5 Å². The Hall–Kier alpha value is -3.55. The van der Waals surface area contributed by atoms with E-state index in [0.717, 1.165) is 35.5 Å². The van der Waals surface area contributed by atoms with Gasteiger partial charge < -0.3 is 20.1 Å². The van der Waals surface area contributed by atoms with Gasteiger partial charge in [0.05, 0.1) is 6.42 Å². The molecule has 8 heteroatoms. The lowest BCUT2D eigenvalue weighted by Gasteiger charge is -2.13. The van der Waals surface area contributed by atoms with Crippen LogP contribution in [0.3, 0.4) is 0 Å². The molecule has 2 atom stereocenters. The second kappa shape index (κ2) is 6.80. The van der Waals surface area contributed by atoms with Crippen molar-refractivity contribution >= 4 is 17.8 Å². The van der Waals surface area contributed by atoms with Gasteiger partial charge in [-0.05, 0) is 47.2 Å². The number of urea groups is 1. The van der Waals surface area contributed by atoms with Crippen molar-refractivity contribution in [3.05, 3.63) is 47.5 Å². The van der Waals surface area contributed by atoms with Crippen LogP contribution in [0, 0.1) is 0 Å². The van der Waals surface area contributed by atoms with Crippen molar-refractivity contribution in [3.8, 4) is 22.6 Å². The van der Waals surface area contributed by atoms with Gasteiger partial charge in [0.25, 0.3) is 5.91 Å². The number of carbonyl (C=O) groups is 3. The van der Waals surface area contributed by atoms with Crippen LogP contribution in [-0.2, 0) is 22.4 Å². The lowest BCUT2D eigenvalue weighted by atomic mass is 10.0. The summed E-state index contributed by atoms with van der Waals surface area (Å²) < 4.78 is 10.8. The maximum Gasteiger partial charge on any atom is 0.322 e. The molecule has 1 aliphatic carbocycles. The summed E-state index contributed by atoms with van der Waals surface area (Å²) in [6.07, 6.45) is 1.40. The average molecular weight is 393 g/mol. The van der Waals surface area contributed by atoms with Gasteiger partial charge in [-0.25, -0.2) is 4.79 Å². The van der Waals surface area contributed by atoms with Gasteiger partial charge in [0.1, 0.15) is 6.04 Å². The van der Waals surface area contributed by atoms with Crippen LogP contribution < -0.4 is 25.4 Å². The lowest BCUT2D eigenvalue weighted by Crippen LogP contribution is -2.40. The van der Waals surface area contributed by atoms with Crippen molar-refractivity contribution in [2.24, 2.45) is 0 Å². The monoisotopic (exact) mass is 393 g/mol. The molecule has 0 saturated carbocycles. The predicted octanol–water partition coefficient (Wildman–Crippen LogP) is 1.26. The van der Waals surface area contributed by atoms with Crippen LogP contribution in [0.2, 0.25) is 0 Å². The Bertz CT molecular complexity index is 1030. The fourth-order valence-electron chi connectivity index (χ4n) is 4.05. The second-order valence-corrected chi connectivity index (χ2v) is 7.44. The van der Waals surface area contributed by atoms with Crippen LogP contribution in [0.5, 0.6) is 11.5 Å². The lowest BCUT2D eigenvalue weighted by molar-refractivity contribution is -0.126. The number of ether oxygens (including phenoxy) is 2. The molecule has 2 heterocycles. The molecule has 1 saturated heterocycles. The van der Waals surface area contributed by atoms with Crippen molar-refractivity contribution in [2.45, 2.75) is 31.3 Å². The number of amides is 4. The molecule has 4 amide bonds. The van der Waals surface area contributed by atoms with Crippen LogP contribution >= 0.6 is 0 Å². The zero-order chi connectivity index (χ0) is 20.0. The normalized spacial score (nSPS) is 21.5. The molecule has 0 radical (unpaired) electrons. The number of nitrogens with one attached hydrogen (secondary N) is 3. The summed E-state index contributed by atoms with van der Waals surface area (Å²) in [6, 6.07) is 10.8. The van der Waals surface area contributed by atoms with E-state index < -0.39 is 18.0 Å². The first-order valence-electron chi connectivity index (χ1n) is 9.48. The van der Waals surface area contributed by atoms with Crippen molar-refractivity contribution in [2.75, 3.05) is 6.79 Å². The molecule has 0 spiro atoms. The van der Waals surface area contributed by atoms with E-state index in [9.17, 15) is 14.4 Å². The van der Waals surface area contributed by atoms with E-state index in [1.54, 1.807) is 0 Å². The largest absolute Gasteiger partial charge is 0.454 e. The van der Waals surface area contributed by atoms with Crippen molar-refractivity contribution in [3.63, 3.8) is 0 Å². The number of imide groups is 1. The third-order valence-corrected chi connectivity index (χ3v) is 5.46. The van der Waals surface area contributed by atoms with E-state index >= 15 is 0 Å². The molecule has 3 aliphatic rings. The Labute approximate surface area is 166 Å². The molecule has 0 bridgehead atoms. The Kier molecular flexibility index (Phi) is 4.12. The SMILES string of the molecule is O=C(CC1NC(=O)NC1=O)NC1Cc2ccc(-c3ccc4c(c3)OCO4)cc2C1. The molecule has 148 valence electrons. The summed E-state index contributed by atoms with van der Waals surface area (Å²) in [5.41, 5.74) is 4.52. The summed E-state index contributed by atoms with van der Waals surface area (Å²) in [5, 5.41) is 7.55. The summed E-state index contributed by atoms with van der Waals surface area (Å²) in [7, 11) is 0. The van der Waals surface area contributed by atoms with Crippen LogP contribution in [0.25, 0.3) is 11.1 Å². The van der Waals surface area contributed by atoms with Crippen molar-refractivity contribution in [1.82, 2.24) is 16.0 Å². The fourth-order valence-corrected chi connectivity index (χ4v) is 4.05. The molecular weight excluding hydrogens is 374 g/mol. The number of hydrogen-bond acceptors (Lipinski definition) is 5. The number of rotatable bonds is 4. The van der Waals surface area contributed by atoms with E-state index in [2.05, 4.69) is 34.1 Å². The number of benzene rings is 2. The second-order valence-electron chi connectivity index (χ2n) is 7.44. The number of carbonyl (C=O) groups excluding carboxylic acids is 3. The Morgan fingerprint density at radius 3 is 2.59 bits per heavy atom. The summed E-state index contributed by atoms with van der Waals surface area (Å²) in [5.74, 6) is 0.787. The molecule has 0 aromatic heterocycles. The summed E-state index contributed by atoms with van der Waals surface area (Å²) >= 11 is 0. The highest BCUT2D eigenvalue weighted by atomic mass is 16.7. The van der Waals surface area contributed by atoms with Crippen LogP contribution in [0.15, 0.2) is 36.4 Å².